The Kier molecular flexibility index (Phi) is 7.03. The van der Waals surface area contributed by atoms with Crippen LogP contribution in [0.25, 0.3) is 33.0 Å². The molecule has 0 spiro atoms. The zero-order chi connectivity index (χ0) is 31.1. The van der Waals surface area contributed by atoms with Gasteiger partial charge in [-0.05, 0) is 74.7 Å². The molecule has 1 aliphatic heterocycles. The van der Waals surface area contributed by atoms with Crippen molar-refractivity contribution >= 4 is 10.8 Å². The zero-order valence-electron chi connectivity index (χ0n) is 26.3. The van der Waals surface area contributed by atoms with Crippen molar-refractivity contribution in [2.75, 3.05) is 0 Å². The zero-order valence-corrected chi connectivity index (χ0v) is 26.3. The van der Waals surface area contributed by atoms with E-state index in [0.717, 1.165) is 29.9 Å². The number of hydrogen-bond donors (Lipinski definition) is 0. The standard InChI is InChI=1S/C45H36O/c1-45(2)41-24-12-13-26-43(41)46-44-39(23-14-25-42(44)45)37-21-10-8-19-34(37)29-35-20-9-11-22-38(35)40-30-33-18-7-6-17-32(33)28-36(40)27-31-15-4-3-5-16-31/h3-26,28,30H,27,29H2,1-2H3. The first-order valence-electron chi connectivity index (χ1n) is 16.2. The first-order chi connectivity index (χ1) is 22.6. The van der Waals surface area contributed by atoms with Gasteiger partial charge in [-0.25, -0.2) is 0 Å². The van der Waals surface area contributed by atoms with Gasteiger partial charge in [0, 0.05) is 22.1 Å². The molecule has 0 N–H and O–H groups in total. The van der Waals surface area contributed by atoms with Gasteiger partial charge in [0.15, 0.2) is 0 Å². The molecule has 0 aromatic heterocycles. The number of hydrogen-bond acceptors (Lipinski definition) is 1. The summed E-state index contributed by atoms with van der Waals surface area (Å²) in [5.74, 6) is 1.91. The largest absolute Gasteiger partial charge is 0.456 e. The molecule has 0 amide bonds. The Morgan fingerprint density at radius 2 is 1.00 bits per heavy atom. The maximum Gasteiger partial charge on any atom is 0.139 e. The average molecular weight is 593 g/mol. The van der Waals surface area contributed by atoms with Crippen LogP contribution in [-0.2, 0) is 18.3 Å². The van der Waals surface area contributed by atoms with Crippen molar-refractivity contribution < 1.29 is 4.74 Å². The number of rotatable bonds is 6. The predicted octanol–water partition coefficient (Wildman–Crippen LogP) is 11.8. The minimum atomic E-state index is -0.160. The molecule has 0 atom stereocenters. The van der Waals surface area contributed by atoms with Crippen LogP contribution < -0.4 is 4.74 Å². The van der Waals surface area contributed by atoms with E-state index in [1.165, 1.54) is 60.8 Å². The second kappa shape index (κ2) is 11.5. The second-order valence-corrected chi connectivity index (χ2v) is 12.9. The molecule has 1 heteroatoms. The molecule has 0 saturated carbocycles. The smallest absolute Gasteiger partial charge is 0.139 e. The third-order valence-electron chi connectivity index (χ3n) is 9.67. The summed E-state index contributed by atoms with van der Waals surface area (Å²) in [6.07, 6.45) is 1.70. The van der Waals surface area contributed by atoms with E-state index in [2.05, 4.69) is 172 Å². The first-order valence-corrected chi connectivity index (χ1v) is 16.2. The molecule has 0 radical (unpaired) electrons. The fraction of sp³-hybridized carbons (Fsp3) is 0.111. The van der Waals surface area contributed by atoms with Crippen LogP contribution >= 0.6 is 0 Å². The van der Waals surface area contributed by atoms with Crippen LogP contribution in [0.3, 0.4) is 0 Å². The van der Waals surface area contributed by atoms with Crippen LogP contribution in [0.15, 0.2) is 158 Å². The fourth-order valence-electron chi connectivity index (χ4n) is 7.26. The highest BCUT2D eigenvalue weighted by atomic mass is 16.5. The molecule has 46 heavy (non-hydrogen) atoms. The van der Waals surface area contributed by atoms with E-state index in [1.807, 2.05) is 0 Å². The molecule has 0 saturated heterocycles. The van der Waals surface area contributed by atoms with Gasteiger partial charge in [-0.1, -0.05) is 159 Å². The van der Waals surface area contributed by atoms with Crippen molar-refractivity contribution in [1.29, 1.82) is 0 Å². The van der Waals surface area contributed by atoms with E-state index in [-0.39, 0.29) is 5.41 Å². The molecule has 0 bridgehead atoms. The summed E-state index contributed by atoms with van der Waals surface area (Å²) in [4.78, 5) is 0. The molecule has 7 aromatic carbocycles. The van der Waals surface area contributed by atoms with Gasteiger partial charge in [0.1, 0.15) is 11.5 Å². The summed E-state index contributed by atoms with van der Waals surface area (Å²) in [5.41, 5.74) is 12.5. The van der Waals surface area contributed by atoms with E-state index < -0.39 is 0 Å². The van der Waals surface area contributed by atoms with Gasteiger partial charge in [-0.3, -0.25) is 0 Å². The van der Waals surface area contributed by atoms with Crippen molar-refractivity contribution in [2.24, 2.45) is 0 Å². The third-order valence-corrected chi connectivity index (χ3v) is 9.67. The quantitative estimate of drug-likeness (QED) is 0.187. The van der Waals surface area contributed by atoms with Crippen LogP contribution in [-0.4, -0.2) is 0 Å². The van der Waals surface area contributed by atoms with Gasteiger partial charge in [-0.2, -0.15) is 0 Å². The van der Waals surface area contributed by atoms with Gasteiger partial charge in [0.25, 0.3) is 0 Å². The highest BCUT2D eigenvalue weighted by molar-refractivity contribution is 5.90. The molecule has 0 aliphatic carbocycles. The maximum absolute atomic E-state index is 6.71. The van der Waals surface area contributed by atoms with Gasteiger partial charge < -0.3 is 4.74 Å². The monoisotopic (exact) mass is 592 g/mol. The lowest BCUT2D eigenvalue weighted by molar-refractivity contribution is 0.419. The van der Waals surface area contributed by atoms with Gasteiger partial charge in [0.05, 0.1) is 0 Å². The van der Waals surface area contributed by atoms with E-state index >= 15 is 0 Å². The number of para-hydroxylation sites is 2. The van der Waals surface area contributed by atoms with Crippen molar-refractivity contribution in [3.63, 3.8) is 0 Å². The normalized spacial score (nSPS) is 13.1. The SMILES string of the molecule is CC1(C)c2ccccc2Oc2c(-c3ccccc3Cc3ccccc3-c3cc4ccccc4cc3Cc3ccccc3)cccc21. The second-order valence-electron chi connectivity index (χ2n) is 12.9. The molecule has 1 heterocycles. The number of ether oxygens (including phenoxy) is 1. The molecular weight excluding hydrogens is 556 g/mol. The summed E-state index contributed by atoms with van der Waals surface area (Å²) in [7, 11) is 0. The molecule has 0 fully saturated rings. The predicted molar refractivity (Wildman–Crippen MR) is 192 cm³/mol. The Labute approximate surface area is 271 Å². The lowest BCUT2D eigenvalue weighted by Gasteiger charge is -2.35. The van der Waals surface area contributed by atoms with Gasteiger partial charge in [0.2, 0.25) is 0 Å². The van der Waals surface area contributed by atoms with Crippen molar-refractivity contribution in [3.05, 3.63) is 191 Å². The van der Waals surface area contributed by atoms with E-state index in [0.29, 0.717) is 0 Å². The highest BCUT2D eigenvalue weighted by Gasteiger charge is 2.35. The Hall–Kier alpha value is -5.40. The molecule has 1 aliphatic rings. The van der Waals surface area contributed by atoms with E-state index in [1.54, 1.807) is 0 Å². The Bertz CT molecular complexity index is 2210. The van der Waals surface area contributed by atoms with Crippen LogP contribution in [0.2, 0.25) is 0 Å². The lowest BCUT2D eigenvalue weighted by Crippen LogP contribution is -2.24. The molecular formula is C45H36O. The van der Waals surface area contributed by atoms with Crippen molar-refractivity contribution in [2.45, 2.75) is 32.1 Å². The lowest BCUT2D eigenvalue weighted by atomic mass is 9.74. The Morgan fingerprint density at radius 3 is 1.76 bits per heavy atom. The van der Waals surface area contributed by atoms with Crippen LogP contribution in [0.4, 0.5) is 0 Å². The molecule has 7 aromatic rings. The van der Waals surface area contributed by atoms with Crippen LogP contribution in [0.1, 0.15) is 47.2 Å². The molecule has 1 nitrogen and oxygen atoms in total. The number of benzene rings is 7. The van der Waals surface area contributed by atoms with Crippen LogP contribution in [0.5, 0.6) is 11.5 Å². The summed E-state index contributed by atoms with van der Waals surface area (Å²) in [6, 6.07) is 57.1. The van der Waals surface area contributed by atoms with Crippen molar-refractivity contribution in [3.8, 4) is 33.8 Å². The van der Waals surface area contributed by atoms with Gasteiger partial charge >= 0.3 is 0 Å². The van der Waals surface area contributed by atoms with Crippen molar-refractivity contribution in [1.82, 2.24) is 0 Å². The minimum Gasteiger partial charge on any atom is -0.456 e. The maximum atomic E-state index is 6.71. The van der Waals surface area contributed by atoms with Gasteiger partial charge in [-0.15, -0.1) is 0 Å². The van der Waals surface area contributed by atoms with E-state index in [9.17, 15) is 0 Å². The topological polar surface area (TPSA) is 9.23 Å². The number of fused-ring (bicyclic) bond motifs is 3. The summed E-state index contributed by atoms with van der Waals surface area (Å²) >= 11 is 0. The molecule has 0 unspecified atom stereocenters. The summed E-state index contributed by atoms with van der Waals surface area (Å²) in [6.45, 7) is 4.60. The highest BCUT2D eigenvalue weighted by Crippen LogP contribution is 2.51. The first kappa shape index (κ1) is 28.1. The minimum absolute atomic E-state index is 0.160. The summed E-state index contributed by atoms with van der Waals surface area (Å²) in [5, 5.41) is 2.54. The average Bonchev–Trinajstić information content (AvgIpc) is 3.09. The van der Waals surface area contributed by atoms with E-state index in [4.69, 9.17) is 4.74 Å². The third kappa shape index (κ3) is 4.99. The fourth-order valence-corrected chi connectivity index (χ4v) is 7.26. The molecule has 8 rings (SSSR count). The Morgan fingerprint density at radius 1 is 0.435 bits per heavy atom. The molecule has 222 valence electrons. The Balaban J connectivity index is 1.24. The summed E-state index contributed by atoms with van der Waals surface area (Å²) < 4.78 is 6.71. The van der Waals surface area contributed by atoms with Crippen LogP contribution in [0, 0.1) is 0 Å².